The molecule has 20 heavy (non-hydrogen) atoms. The molecule has 2 saturated carbocycles. The molecule has 1 aliphatic heterocycles. The molecular weight excluding hydrogens is 272 g/mol. The fraction of sp³-hybridized carbons (Fsp3) is 0.800. The van der Waals surface area contributed by atoms with Gasteiger partial charge in [-0.05, 0) is 30.6 Å². The van der Waals surface area contributed by atoms with E-state index in [1.807, 2.05) is 6.92 Å². The Labute approximate surface area is 124 Å². The third kappa shape index (κ3) is 1.78. The summed E-state index contributed by atoms with van der Waals surface area (Å²) in [6, 6.07) is 0.0146. The molecule has 1 heterocycles. The van der Waals surface area contributed by atoms with Gasteiger partial charge in [0.25, 0.3) is 0 Å². The molecule has 4 nitrogen and oxygen atoms in total. The molecule has 0 aromatic rings. The molecule has 3 aliphatic rings. The third-order valence-corrected chi connectivity index (χ3v) is 7.19. The number of nitrogens with zero attached hydrogens (tertiary/aromatic N) is 1. The van der Waals surface area contributed by atoms with Gasteiger partial charge in [-0.3, -0.25) is 14.6 Å². The molecule has 3 rings (SSSR count). The van der Waals surface area contributed by atoms with Crippen molar-refractivity contribution >= 4 is 28.6 Å². The standard InChI is InChI=1S/C15H22N2O2S/c1-8-7-10(18)17-13(16-8)20-12-11(19)9-5-6-15(12,4)14(9,2)3/h8-9,12H,5-7H2,1-4H3,(H,16,17,18)/t8-,9-,12+,15-/m0/s1. The van der Waals surface area contributed by atoms with Gasteiger partial charge in [0.1, 0.15) is 5.78 Å². The van der Waals surface area contributed by atoms with Gasteiger partial charge in [0.05, 0.1) is 11.3 Å². The number of fused-ring (bicyclic) bond motifs is 2. The number of hydrogen-bond donors (Lipinski definition) is 1. The highest BCUT2D eigenvalue weighted by atomic mass is 32.2. The summed E-state index contributed by atoms with van der Waals surface area (Å²) in [6.07, 6.45) is 2.54. The lowest BCUT2D eigenvalue weighted by Crippen LogP contribution is -2.41. The van der Waals surface area contributed by atoms with Crippen LogP contribution in [0.15, 0.2) is 4.99 Å². The number of nitrogens with one attached hydrogen (secondary N) is 1. The molecule has 1 N–H and O–H groups in total. The Morgan fingerprint density at radius 1 is 1.30 bits per heavy atom. The number of rotatable bonds is 1. The van der Waals surface area contributed by atoms with E-state index in [0.29, 0.717) is 17.4 Å². The second-order valence-corrected chi connectivity index (χ2v) is 8.26. The summed E-state index contributed by atoms with van der Waals surface area (Å²) in [6.45, 7) is 8.60. The first-order valence-electron chi connectivity index (χ1n) is 7.34. The van der Waals surface area contributed by atoms with Gasteiger partial charge in [-0.2, -0.15) is 0 Å². The van der Waals surface area contributed by atoms with E-state index < -0.39 is 0 Å². The zero-order chi connectivity index (χ0) is 14.7. The molecule has 110 valence electrons. The Morgan fingerprint density at radius 3 is 2.55 bits per heavy atom. The fourth-order valence-electron chi connectivity index (χ4n) is 4.07. The van der Waals surface area contributed by atoms with Crippen LogP contribution in [-0.2, 0) is 9.59 Å². The van der Waals surface area contributed by atoms with Gasteiger partial charge < -0.3 is 5.32 Å². The van der Waals surface area contributed by atoms with Crippen LogP contribution in [0.4, 0.5) is 0 Å². The first kappa shape index (κ1) is 14.1. The number of thioether (sulfide) groups is 1. The van der Waals surface area contributed by atoms with Crippen LogP contribution in [-0.4, -0.2) is 28.1 Å². The Hall–Kier alpha value is -0.840. The minimum atomic E-state index is -0.0689. The number of hydrogen-bond acceptors (Lipinski definition) is 4. The predicted octanol–water partition coefficient (Wildman–Crippen LogP) is 2.38. The van der Waals surface area contributed by atoms with Crippen molar-refractivity contribution < 1.29 is 9.59 Å². The Bertz CT molecular complexity index is 514. The minimum absolute atomic E-state index is 0.00729. The van der Waals surface area contributed by atoms with Crippen LogP contribution in [0.2, 0.25) is 0 Å². The number of amidine groups is 1. The summed E-state index contributed by atoms with van der Waals surface area (Å²) in [7, 11) is 0. The van der Waals surface area contributed by atoms with E-state index in [1.54, 1.807) is 0 Å². The Morgan fingerprint density at radius 2 is 2.00 bits per heavy atom. The number of carbonyl (C=O) groups excluding carboxylic acids is 2. The SMILES string of the molecule is C[C@H]1CC(=O)NC(S[C@@H]2C(=O)[C@@H]3CC[C@]2(C)C3(C)C)=N1. The summed E-state index contributed by atoms with van der Waals surface area (Å²) in [5.41, 5.74) is 0.0555. The predicted molar refractivity (Wildman–Crippen MR) is 80.7 cm³/mol. The number of aliphatic imine (C=N–C) groups is 1. The van der Waals surface area contributed by atoms with Gasteiger partial charge in [-0.15, -0.1) is 0 Å². The quantitative estimate of drug-likeness (QED) is 0.808. The largest absolute Gasteiger partial charge is 0.305 e. The molecule has 0 spiro atoms. The van der Waals surface area contributed by atoms with Crippen molar-refractivity contribution in [3.05, 3.63) is 0 Å². The van der Waals surface area contributed by atoms with Crippen molar-refractivity contribution in [1.82, 2.24) is 5.32 Å². The van der Waals surface area contributed by atoms with Crippen molar-refractivity contribution in [2.24, 2.45) is 21.7 Å². The fourth-order valence-corrected chi connectivity index (χ4v) is 5.66. The van der Waals surface area contributed by atoms with E-state index in [1.165, 1.54) is 11.8 Å². The van der Waals surface area contributed by atoms with Crippen molar-refractivity contribution in [2.45, 2.75) is 58.2 Å². The van der Waals surface area contributed by atoms with Crippen LogP contribution < -0.4 is 5.32 Å². The smallest absolute Gasteiger partial charge is 0.228 e. The molecule has 2 fully saturated rings. The average Bonchev–Trinajstić information content (AvgIpc) is 2.62. The van der Waals surface area contributed by atoms with Crippen LogP contribution >= 0.6 is 11.8 Å². The summed E-state index contributed by atoms with van der Waals surface area (Å²) in [5.74, 6) is 0.529. The number of amides is 1. The van der Waals surface area contributed by atoms with Crippen LogP contribution in [0.5, 0.6) is 0 Å². The first-order chi connectivity index (χ1) is 9.25. The van der Waals surface area contributed by atoms with Gasteiger partial charge in [-0.25, -0.2) is 0 Å². The second-order valence-electron chi connectivity index (χ2n) is 7.17. The molecular formula is C15H22N2O2S. The van der Waals surface area contributed by atoms with Crippen molar-refractivity contribution in [3.8, 4) is 0 Å². The van der Waals surface area contributed by atoms with Gasteiger partial charge in [0.15, 0.2) is 5.17 Å². The number of Topliss-reactive ketones (excluding diaryl/α,β-unsaturated/α-hetero) is 1. The minimum Gasteiger partial charge on any atom is -0.305 e. The van der Waals surface area contributed by atoms with Crippen molar-refractivity contribution in [2.75, 3.05) is 0 Å². The molecule has 2 aliphatic carbocycles. The number of ketones is 1. The van der Waals surface area contributed by atoms with E-state index in [2.05, 4.69) is 31.1 Å². The van der Waals surface area contributed by atoms with E-state index >= 15 is 0 Å². The molecule has 0 aromatic carbocycles. The van der Waals surface area contributed by atoms with E-state index in [0.717, 1.165) is 12.8 Å². The zero-order valence-corrected chi connectivity index (χ0v) is 13.3. The van der Waals surface area contributed by atoms with Crippen LogP contribution in [0.1, 0.15) is 47.0 Å². The lowest BCUT2D eigenvalue weighted by molar-refractivity contribution is -0.122. The molecule has 0 aromatic heterocycles. The molecule has 0 unspecified atom stereocenters. The van der Waals surface area contributed by atoms with Crippen molar-refractivity contribution in [3.63, 3.8) is 0 Å². The molecule has 5 heteroatoms. The van der Waals surface area contributed by atoms with Gasteiger partial charge in [0, 0.05) is 12.3 Å². The third-order valence-electron chi connectivity index (χ3n) is 5.77. The summed E-state index contributed by atoms with van der Waals surface area (Å²) >= 11 is 1.48. The van der Waals surface area contributed by atoms with E-state index in [4.69, 9.17) is 0 Å². The maximum atomic E-state index is 12.6. The molecule has 4 atom stereocenters. The maximum absolute atomic E-state index is 12.6. The topological polar surface area (TPSA) is 58.5 Å². The average molecular weight is 294 g/mol. The molecule has 2 bridgehead atoms. The van der Waals surface area contributed by atoms with Gasteiger partial charge in [-0.1, -0.05) is 32.5 Å². The van der Waals surface area contributed by atoms with Crippen LogP contribution in [0.3, 0.4) is 0 Å². The highest BCUT2D eigenvalue weighted by Crippen LogP contribution is 2.66. The summed E-state index contributed by atoms with van der Waals surface area (Å²) < 4.78 is 0. The van der Waals surface area contributed by atoms with Crippen LogP contribution in [0.25, 0.3) is 0 Å². The normalized spacial score (nSPS) is 42.6. The monoisotopic (exact) mass is 294 g/mol. The van der Waals surface area contributed by atoms with E-state index in [-0.39, 0.29) is 33.9 Å². The molecule has 1 amide bonds. The summed E-state index contributed by atoms with van der Waals surface area (Å²) in [5, 5.41) is 3.39. The summed E-state index contributed by atoms with van der Waals surface area (Å²) in [4.78, 5) is 28.7. The highest BCUT2D eigenvalue weighted by molar-refractivity contribution is 8.15. The Balaban J connectivity index is 1.86. The van der Waals surface area contributed by atoms with Gasteiger partial charge >= 0.3 is 0 Å². The molecule has 0 radical (unpaired) electrons. The second kappa shape index (κ2) is 4.33. The lowest BCUT2D eigenvalue weighted by Gasteiger charge is -2.38. The Kier molecular flexibility index (Phi) is 3.05. The highest BCUT2D eigenvalue weighted by Gasteiger charge is 2.66. The maximum Gasteiger partial charge on any atom is 0.228 e. The zero-order valence-electron chi connectivity index (χ0n) is 12.5. The van der Waals surface area contributed by atoms with Crippen LogP contribution in [0, 0.1) is 16.7 Å². The van der Waals surface area contributed by atoms with Crippen molar-refractivity contribution in [1.29, 1.82) is 0 Å². The molecule has 0 saturated heterocycles. The van der Waals surface area contributed by atoms with Gasteiger partial charge in [0.2, 0.25) is 5.91 Å². The first-order valence-corrected chi connectivity index (χ1v) is 8.22. The number of carbonyl (C=O) groups is 2. The van der Waals surface area contributed by atoms with E-state index in [9.17, 15) is 9.59 Å². The lowest BCUT2D eigenvalue weighted by atomic mass is 9.71.